The molecule has 5 nitrogen and oxygen atoms in total. The molecule has 0 aromatic heterocycles. The number of ether oxygens (including phenoxy) is 2. The average molecular weight is 282 g/mol. The van der Waals surface area contributed by atoms with Crippen molar-refractivity contribution in [3.63, 3.8) is 0 Å². The topological polar surface area (TPSA) is 69.7 Å². The number of rotatable bonds is 6. The standard InChI is InChI=1S/C15H22O5/c1-7-8(2)12(17)11-13(19-5)9(3)14(18)15(11,20-6)10(4)16/h8,11H,7H2,1-6H3. The van der Waals surface area contributed by atoms with Crippen LogP contribution in [0.4, 0.5) is 0 Å². The molecular weight excluding hydrogens is 260 g/mol. The summed E-state index contributed by atoms with van der Waals surface area (Å²) in [4.78, 5) is 37.1. The van der Waals surface area contributed by atoms with E-state index in [2.05, 4.69) is 0 Å². The first-order valence-corrected chi connectivity index (χ1v) is 6.68. The van der Waals surface area contributed by atoms with E-state index in [1.807, 2.05) is 6.92 Å². The van der Waals surface area contributed by atoms with Gasteiger partial charge in [-0.05, 0) is 20.3 Å². The monoisotopic (exact) mass is 282 g/mol. The third-order valence-corrected chi connectivity index (χ3v) is 4.16. The van der Waals surface area contributed by atoms with Crippen LogP contribution in [0.3, 0.4) is 0 Å². The summed E-state index contributed by atoms with van der Waals surface area (Å²) in [5.74, 6) is -2.18. The van der Waals surface area contributed by atoms with Crippen LogP contribution in [-0.4, -0.2) is 37.2 Å². The van der Waals surface area contributed by atoms with E-state index in [1.54, 1.807) is 13.8 Å². The van der Waals surface area contributed by atoms with Crippen LogP contribution < -0.4 is 0 Å². The van der Waals surface area contributed by atoms with E-state index in [4.69, 9.17) is 9.47 Å². The lowest BCUT2D eigenvalue weighted by Gasteiger charge is -2.31. The van der Waals surface area contributed by atoms with Crippen molar-refractivity contribution >= 4 is 17.3 Å². The van der Waals surface area contributed by atoms with E-state index in [9.17, 15) is 14.4 Å². The highest BCUT2D eigenvalue weighted by molar-refractivity contribution is 6.23. The lowest BCUT2D eigenvalue weighted by atomic mass is 9.78. The van der Waals surface area contributed by atoms with Crippen LogP contribution in [0.25, 0.3) is 0 Å². The first-order valence-electron chi connectivity index (χ1n) is 6.68. The number of hydrogen-bond acceptors (Lipinski definition) is 5. The Kier molecular flexibility index (Phi) is 4.86. The second-order valence-electron chi connectivity index (χ2n) is 5.16. The smallest absolute Gasteiger partial charge is 0.204 e. The van der Waals surface area contributed by atoms with Crippen molar-refractivity contribution in [3.8, 4) is 0 Å². The van der Waals surface area contributed by atoms with Crippen LogP contribution in [0.2, 0.25) is 0 Å². The molecule has 1 aliphatic rings. The molecule has 0 heterocycles. The van der Waals surface area contributed by atoms with Gasteiger partial charge in [0.2, 0.25) is 11.4 Å². The van der Waals surface area contributed by atoms with Gasteiger partial charge in [0.05, 0.1) is 7.11 Å². The zero-order valence-corrected chi connectivity index (χ0v) is 12.9. The molecule has 1 aliphatic carbocycles. The number of hydrogen-bond donors (Lipinski definition) is 0. The second kappa shape index (κ2) is 5.87. The van der Waals surface area contributed by atoms with Gasteiger partial charge in [-0.1, -0.05) is 13.8 Å². The molecule has 0 radical (unpaired) electrons. The second-order valence-corrected chi connectivity index (χ2v) is 5.16. The molecule has 0 saturated carbocycles. The van der Waals surface area contributed by atoms with Crippen molar-refractivity contribution in [1.82, 2.24) is 0 Å². The maximum atomic E-state index is 12.6. The molecule has 20 heavy (non-hydrogen) atoms. The lowest BCUT2D eigenvalue weighted by Crippen LogP contribution is -2.54. The van der Waals surface area contributed by atoms with Gasteiger partial charge in [0.25, 0.3) is 0 Å². The van der Waals surface area contributed by atoms with Crippen molar-refractivity contribution in [3.05, 3.63) is 11.3 Å². The molecule has 0 amide bonds. The summed E-state index contributed by atoms with van der Waals surface area (Å²) in [7, 11) is 2.68. The van der Waals surface area contributed by atoms with Crippen LogP contribution in [0.5, 0.6) is 0 Å². The Morgan fingerprint density at radius 2 is 1.90 bits per heavy atom. The van der Waals surface area contributed by atoms with Crippen molar-refractivity contribution in [2.24, 2.45) is 11.8 Å². The Morgan fingerprint density at radius 1 is 1.35 bits per heavy atom. The predicted octanol–water partition coefficient (Wildman–Crippen LogP) is 1.70. The predicted molar refractivity (Wildman–Crippen MR) is 73.1 cm³/mol. The van der Waals surface area contributed by atoms with Crippen LogP contribution in [0, 0.1) is 11.8 Å². The molecule has 5 heteroatoms. The van der Waals surface area contributed by atoms with Crippen LogP contribution in [-0.2, 0) is 23.9 Å². The normalized spacial score (nSPS) is 27.7. The Bertz CT molecular complexity index is 477. The van der Waals surface area contributed by atoms with Crippen LogP contribution in [0.1, 0.15) is 34.1 Å². The molecule has 1 rings (SSSR count). The zero-order valence-electron chi connectivity index (χ0n) is 12.9. The molecule has 112 valence electrons. The molecule has 0 bridgehead atoms. The van der Waals surface area contributed by atoms with Crippen molar-refractivity contribution in [2.45, 2.75) is 39.7 Å². The Morgan fingerprint density at radius 3 is 2.25 bits per heavy atom. The fraction of sp³-hybridized carbons (Fsp3) is 0.667. The van der Waals surface area contributed by atoms with Gasteiger partial charge in [0.15, 0.2) is 5.78 Å². The molecule has 0 aromatic carbocycles. The van der Waals surface area contributed by atoms with E-state index in [1.165, 1.54) is 21.1 Å². The minimum Gasteiger partial charge on any atom is -0.500 e. The van der Waals surface area contributed by atoms with E-state index in [0.717, 1.165) is 0 Å². The summed E-state index contributed by atoms with van der Waals surface area (Å²) < 4.78 is 10.5. The first-order chi connectivity index (χ1) is 9.29. The van der Waals surface area contributed by atoms with Crippen LogP contribution >= 0.6 is 0 Å². The molecule has 0 aliphatic heterocycles. The van der Waals surface area contributed by atoms with E-state index >= 15 is 0 Å². The van der Waals surface area contributed by atoms with Crippen molar-refractivity contribution in [1.29, 1.82) is 0 Å². The molecule has 3 atom stereocenters. The van der Waals surface area contributed by atoms with Gasteiger partial charge in [-0.3, -0.25) is 14.4 Å². The summed E-state index contributed by atoms with van der Waals surface area (Å²) in [6.07, 6.45) is 0.622. The van der Waals surface area contributed by atoms with Crippen molar-refractivity contribution < 1.29 is 23.9 Å². The van der Waals surface area contributed by atoms with Gasteiger partial charge in [-0.15, -0.1) is 0 Å². The number of methoxy groups -OCH3 is 2. The quantitative estimate of drug-likeness (QED) is 0.693. The van der Waals surface area contributed by atoms with Gasteiger partial charge >= 0.3 is 0 Å². The van der Waals surface area contributed by atoms with Gasteiger partial charge in [-0.2, -0.15) is 0 Å². The zero-order chi connectivity index (χ0) is 15.7. The molecule has 0 fully saturated rings. The Labute approximate surface area is 119 Å². The summed E-state index contributed by atoms with van der Waals surface area (Å²) in [5, 5.41) is 0. The summed E-state index contributed by atoms with van der Waals surface area (Å²) in [6, 6.07) is 0. The molecule has 0 N–H and O–H groups in total. The van der Waals surface area contributed by atoms with E-state index in [-0.39, 0.29) is 23.0 Å². The fourth-order valence-corrected chi connectivity index (χ4v) is 2.73. The highest BCUT2D eigenvalue weighted by Crippen LogP contribution is 2.43. The summed E-state index contributed by atoms with van der Waals surface area (Å²) >= 11 is 0. The van der Waals surface area contributed by atoms with Gasteiger partial charge in [-0.25, -0.2) is 0 Å². The largest absolute Gasteiger partial charge is 0.500 e. The minimum atomic E-state index is -1.77. The SMILES string of the molecule is CCC(C)C(=O)C1C(OC)=C(C)C(=O)C1(OC)C(C)=O. The average Bonchev–Trinajstić information content (AvgIpc) is 2.66. The van der Waals surface area contributed by atoms with E-state index in [0.29, 0.717) is 6.42 Å². The number of carbonyl (C=O) groups is 3. The number of ketones is 3. The summed E-state index contributed by atoms with van der Waals surface area (Å²) in [5.41, 5.74) is -1.48. The molecular formula is C15H22O5. The molecule has 0 spiro atoms. The highest BCUT2D eigenvalue weighted by atomic mass is 16.5. The van der Waals surface area contributed by atoms with Gasteiger partial charge in [0.1, 0.15) is 17.5 Å². The lowest BCUT2D eigenvalue weighted by molar-refractivity contribution is -0.160. The maximum absolute atomic E-state index is 12.6. The first kappa shape index (κ1) is 16.6. The third kappa shape index (κ3) is 2.10. The highest BCUT2D eigenvalue weighted by Gasteiger charge is 2.61. The number of carbonyl (C=O) groups excluding carboxylic acids is 3. The third-order valence-electron chi connectivity index (χ3n) is 4.16. The molecule has 0 aromatic rings. The van der Waals surface area contributed by atoms with Gasteiger partial charge in [0, 0.05) is 18.6 Å². The van der Waals surface area contributed by atoms with E-state index < -0.39 is 23.1 Å². The Hall–Kier alpha value is -1.49. The summed E-state index contributed by atoms with van der Waals surface area (Å²) in [6.45, 7) is 6.48. The van der Waals surface area contributed by atoms with Crippen LogP contribution in [0.15, 0.2) is 11.3 Å². The fourth-order valence-electron chi connectivity index (χ4n) is 2.73. The number of Topliss-reactive ketones (excluding diaryl/α,β-unsaturated/α-hetero) is 3. The van der Waals surface area contributed by atoms with Gasteiger partial charge < -0.3 is 9.47 Å². The molecule has 0 saturated heterocycles. The maximum Gasteiger partial charge on any atom is 0.204 e. The Balaban J connectivity index is 3.49. The minimum absolute atomic E-state index is 0.202. The molecule has 3 unspecified atom stereocenters. The van der Waals surface area contributed by atoms with Crippen molar-refractivity contribution in [2.75, 3.05) is 14.2 Å².